The Morgan fingerprint density at radius 2 is 0.900 bits per heavy atom. The van der Waals surface area contributed by atoms with Crippen molar-refractivity contribution in [2.75, 3.05) is 5.73 Å². The van der Waals surface area contributed by atoms with E-state index in [0.29, 0.717) is 6.07 Å². The van der Waals surface area contributed by atoms with Crippen molar-refractivity contribution in [3.63, 3.8) is 0 Å². The molecule has 0 unspecified atom stereocenters. The van der Waals surface area contributed by atoms with Gasteiger partial charge >= 0.3 is 29.6 Å². The minimum Gasteiger partial charge on any atom is -1.00 e. The van der Waals surface area contributed by atoms with E-state index in [2.05, 4.69) is 0 Å². The van der Waals surface area contributed by atoms with Gasteiger partial charge in [-0.3, -0.25) is 13.7 Å². The molecule has 0 saturated carbocycles. The van der Waals surface area contributed by atoms with Gasteiger partial charge in [-0.25, -0.2) is 0 Å². The Balaban J connectivity index is 0.00000171. The van der Waals surface area contributed by atoms with E-state index in [9.17, 15) is 38.9 Å². The van der Waals surface area contributed by atoms with Crippen LogP contribution >= 0.6 is 0 Å². The number of benzene rings is 4. The Labute approximate surface area is 194 Å². The molecule has 14 heteroatoms. The Morgan fingerprint density at radius 3 is 1.27 bits per heavy atom. The Hall–Kier alpha value is -1.55. The van der Waals surface area contributed by atoms with Crippen LogP contribution in [0.4, 0.5) is 5.69 Å². The summed E-state index contributed by atoms with van der Waals surface area (Å²) in [5.74, 6) is 0. The van der Waals surface area contributed by atoms with Gasteiger partial charge in [-0.1, -0.05) is 24.3 Å². The summed E-state index contributed by atoms with van der Waals surface area (Å²) in [7, 11) is -14.6. The van der Waals surface area contributed by atoms with Crippen LogP contribution in [-0.2, 0) is 30.4 Å². The molecular formula is C16H12NNaO9S3. The molecule has 0 aliphatic rings. The van der Waals surface area contributed by atoms with Gasteiger partial charge in [0.25, 0.3) is 30.4 Å². The molecule has 0 amide bonds. The zero-order valence-corrected chi connectivity index (χ0v) is 19.5. The van der Waals surface area contributed by atoms with Crippen LogP contribution in [0.1, 0.15) is 1.43 Å². The molecule has 0 atom stereocenters. The van der Waals surface area contributed by atoms with Crippen molar-refractivity contribution in [2.45, 2.75) is 14.7 Å². The maximum absolute atomic E-state index is 11.9. The van der Waals surface area contributed by atoms with Crippen molar-refractivity contribution < 1.29 is 69.9 Å². The summed E-state index contributed by atoms with van der Waals surface area (Å²) in [6, 6.07) is 6.63. The van der Waals surface area contributed by atoms with Crippen molar-refractivity contribution in [1.29, 1.82) is 0 Å². The Morgan fingerprint density at radius 1 is 0.600 bits per heavy atom. The summed E-state index contributed by atoms with van der Waals surface area (Å²) in [5.41, 5.74) is 5.82. The van der Waals surface area contributed by atoms with Crippen molar-refractivity contribution in [2.24, 2.45) is 0 Å². The quantitative estimate of drug-likeness (QED) is 0.122. The Kier molecular flexibility index (Phi) is 5.38. The van der Waals surface area contributed by atoms with Crippen LogP contribution in [0.25, 0.3) is 32.3 Å². The number of hydrogen-bond acceptors (Lipinski definition) is 7. The summed E-state index contributed by atoms with van der Waals surface area (Å²) in [6.45, 7) is 0. The van der Waals surface area contributed by atoms with E-state index < -0.39 is 45.0 Å². The molecule has 0 fully saturated rings. The van der Waals surface area contributed by atoms with Gasteiger partial charge in [0, 0.05) is 38.0 Å². The smallest absolute Gasteiger partial charge is 1.00 e. The average Bonchev–Trinajstić information content (AvgIpc) is 2.57. The van der Waals surface area contributed by atoms with Gasteiger partial charge in [0.2, 0.25) is 0 Å². The van der Waals surface area contributed by atoms with E-state index in [4.69, 9.17) is 5.73 Å². The second-order valence-corrected chi connectivity index (χ2v) is 10.5. The molecule has 10 nitrogen and oxygen atoms in total. The summed E-state index contributed by atoms with van der Waals surface area (Å²) < 4.78 is 99.8. The molecule has 30 heavy (non-hydrogen) atoms. The van der Waals surface area contributed by atoms with E-state index in [0.717, 1.165) is 12.1 Å². The van der Waals surface area contributed by atoms with Gasteiger partial charge in [0.05, 0.1) is 0 Å². The normalized spacial score (nSPS) is 13.2. The predicted octanol–water partition coefficient (Wildman–Crippen LogP) is -0.977. The maximum Gasteiger partial charge on any atom is 1.00 e. The standard InChI is InChI=1S/C16H11NO9S3.Na.H/c17-11-5-12(27(18,19)20)8-3-4-10-14(29(24,25)26)6-13(28(21,22)23)9-2-1-7(11)15(8)16(9)10;;/h1-6H,17H2,(H,18,19,20)(H,21,22,23)(H,24,25,26);;/q;+1;-1. The number of rotatable bonds is 3. The molecule has 0 aromatic heterocycles. The van der Waals surface area contributed by atoms with E-state index in [1.807, 2.05) is 0 Å². The molecule has 4 aromatic carbocycles. The van der Waals surface area contributed by atoms with E-state index in [1.54, 1.807) is 0 Å². The third kappa shape index (κ3) is 3.45. The maximum atomic E-state index is 11.9. The minimum absolute atomic E-state index is 0. The van der Waals surface area contributed by atoms with Crippen LogP contribution in [0, 0.1) is 0 Å². The van der Waals surface area contributed by atoms with Crippen molar-refractivity contribution >= 4 is 68.4 Å². The van der Waals surface area contributed by atoms with Crippen molar-refractivity contribution in [1.82, 2.24) is 0 Å². The minimum atomic E-state index is -4.93. The van der Waals surface area contributed by atoms with Crippen LogP contribution in [0.2, 0.25) is 0 Å². The van der Waals surface area contributed by atoms with Crippen LogP contribution < -0.4 is 35.3 Å². The molecule has 0 spiro atoms. The molecule has 154 valence electrons. The second-order valence-electron chi connectivity index (χ2n) is 6.33. The SMILES string of the molecule is Nc1cc(S(=O)(=O)O)c2ccc3c(S(=O)(=O)O)cc(S(=O)(=O)O)c4ccc1c2c43.[H-].[Na+]. The molecule has 0 aliphatic heterocycles. The van der Waals surface area contributed by atoms with Gasteiger partial charge in [-0.2, -0.15) is 25.3 Å². The third-order valence-corrected chi connectivity index (χ3v) is 7.33. The first kappa shape index (κ1) is 23.1. The van der Waals surface area contributed by atoms with Gasteiger partial charge in [0.15, 0.2) is 0 Å². The first-order chi connectivity index (χ1) is 13.2. The molecule has 0 radical (unpaired) electrons. The molecule has 4 rings (SSSR count). The van der Waals surface area contributed by atoms with E-state index >= 15 is 0 Å². The first-order valence-electron chi connectivity index (χ1n) is 7.67. The summed E-state index contributed by atoms with van der Waals surface area (Å²) in [5, 5.41) is -0.0781. The van der Waals surface area contributed by atoms with Crippen molar-refractivity contribution in [3.05, 3.63) is 36.4 Å². The average molecular weight is 481 g/mol. The molecule has 4 aromatic rings. The zero-order chi connectivity index (χ0) is 21.5. The monoisotopic (exact) mass is 481 g/mol. The largest absolute Gasteiger partial charge is 1.00 e. The number of hydrogen-bond donors (Lipinski definition) is 4. The van der Waals surface area contributed by atoms with Gasteiger partial charge in [-0.15, -0.1) is 0 Å². The summed E-state index contributed by atoms with van der Waals surface area (Å²) >= 11 is 0. The molecule has 0 aliphatic carbocycles. The molecule has 0 bridgehead atoms. The van der Waals surface area contributed by atoms with E-state index in [1.165, 1.54) is 18.2 Å². The second kappa shape index (κ2) is 6.98. The van der Waals surface area contributed by atoms with Gasteiger partial charge < -0.3 is 7.16 Å². The fourth-order valence-electron chi connectivity index (χ4n) is 3.56. The molecule has 0 heterocycles. The van der Waals surface area contributed by atoms with Crippen LogP contribution in [-0.4, -0.2) is 38.9 Å². The topological polar surface area (TPSA) is 189 Å². The zero-order valence-electron chi connectivity index (χ0n) is 16.1. The Bertz CT molecular complexity index is 1630. The van der Waals surface area contributed by atoms with Gasteiger partial charge in [-0.05, 0) is 12.1 Å². The van der Waals surface area contributed by atoms with Gasteiger partial charge in [0.1, 0.15) is 14.7 Å². The van der Waals surface area contributed by atoms with E-state index in [-0.39, 0.29) is 69.0 Å². The summed E-state index contributed by atoms with van der Waals surface area (Å²) in [6.07, 6.45) is 0. The number of nitrogen functional groups attached to an aromatic ring is 1. The fraction of sp³-hybridized carbons (Fsp3) is 0. The number of nitrogens with two attached hydrogens (primary N) is 1. The van der Waals surface area contributed by atoms with Crippen LogP contribution in [0.3, 0.4) is 0 Å². The third-order valence-electron chi connectivity index (χ3n) is 4.65. The first-order valence-corrected chi connectivity index (χ1v) is 12.0. The van der Waals surface area contributed by atoms with Crippen molar-refractivity contribution in [3.8, 4) is 0 Å². The van der Waals surface area contributed by atoms with Crippen LogP contribution in [0.5, 0.6) is 0 Å². The molecule has 5 N–H and O–H groups in total. The predicted molar refractivity (Wildman–Crippen MR) is 105 cm³/mol. The number of anilines is 1. The molecule has 0 saturated heterocycles. The molecular weight excluding hydrogens is 469 g/mol. The fourth-order valence-corrected chi connectivity index (χ4v) is 5.79. The van der Waals surface area contributed by atoms with Crippen LogP contribution in [0.15, 0.2) is 51.1 Å². The summed E-state index contributed by atoms with van der Waals surface area (Å²) in [4.78, 5) is -2.17.